The molecular weight excluding hydrogens is 463 g/mol. The van der Waals surface area contributed by atoms with E-state index in [2.05, 4.69) is 19.8 Å². The monoisotopic (exact) mass is 485 g/mol. The van der Waals surface area contributed by atoms with Crippen molar-refractivity contribution in [2.24, 2.45) is 0 Å². The number of aromatic nitrogens is 2. The molecule has 0 aliphatic carbocycles. The summed E-state index contributed by atoms with van der Waals surface area (Å²) < 4.78 is 39.9. The van der Waals surface area contributed by atoms with Gasteiger partial charge in [0.05, 0.1) is 12.1 Å². The van der Waals surface area contributed by atoms with E-state index in [0.717, 1.165) is 25.2 Å². The number of carboxylic acid groups (broad SMARTS) is 1. The van der Waals surface area contributed by atoms with Crippen molar-refractivity contribution in [1.82, 2.24) is 19.8 Å². The first-order valence-electron chi connectivity index (χ1n) is 10.4. The number of rotatable bonds is 5. The molecule has 2 N–H and O–H groups in total. The Morgan fingerprint density at radius 3 is 2.39 bits per heavy atom. The van der Waals surface area contributed by atoms with E-state index in [1.807, 2.05) is 24.3 Å². The van der Waals surface area contributed by atoms with Crippen LogP contribution in [0.1, 0.15) is 21.6 Å². The smallest absolute Gasteiger partial charge is 0.434 e. The Hall–Kier alpha value is -2.47. The van der Waals surface area contributed by atoms with Gasteiger partial charge in [0.15, 0.2) is 5.69 Å². The summed E-state index contributed by atoms with van der Waals surface area (Å²) in [6, 6.07) is 7.40. The van der Waals surface area contributed by atoms with Crippen LogP contribution in [0, 0.1) is 0 Å². The van der Waals surface area contributed by atoms with Crippen molar-refractivity contribution in [2.45, 2.75) is 24.9 Å². The van der Waals surface area contributed by atoms with Gasteiger partial charge in [0.1, 0.15) is 5.56 Å². The summed E-state index contributed by atoms with van der Waals surface area (Å²) in [5.41, 5.74) is -1.34. The van der Waals surface area contributed by atoms with Gasteiger partial charge in [-0.15, -0.1) is 0 Å². The SMILES string of the molecule is O=C(O)c1cnc(N2CC(O)C(N3CCN(Cc4ccc(Cl)cc4)CC3)C2)nc1C(F)(F)F. The Morgan fingerprint density at radius 2 is 1.79 bits per heavy atom. The number of hydrogen-bond acceptors (Lipinski definition) is 7. The molecule has 2 aromatic rings. The van der Waals surface area contributed by atoms with Crippen LogP contribution in [0.3, 0.4) is 0 Å². The summed E-state index contributed by atoms with van der Waals surface area (Å²) >= 11 is 5.93. The van der Waals surface area contributed by atoms with Crippen molar-refractivity contribution in [3.8, 4) is 0 Å². The van der Waals surface area contributed by atoms with Gasteiger partial charge in [0, 0.05) is 57.0 Å². The zero-order chi connectivity index (χ0) is 23.8. The average Bonchev–Trinajstić information content (AvgIpc) is 3.16. The molecule has 0 amide bonds. The second-order valence-electron chi connectivity index (χ2n) is 8.21. The van der Waals surface area contributed by atoms with Crippen LogP contribution in [0.5, 0.6) is 0 Å². The number of benzene rings is 1. The van der Waals surface area contributed by atoms with E-state index in [1.54, 1.807) is 0 Å². The molecule has 2 saturated heterocycles. The van der Waals surface area contributed by atoms with Gasteiger partial charge >= 0.3 is 12.1 Å². The normalized spacial score (nSPS) is 22.6. The molecule has 0 spiro atoms. The molecule has 2 aliphatic rings. The lowest BCUT2D eigenvalue weighted by molar-refractivity contribution is -0.141. The lowest BCUT2D eigenvalue weighted by Crippen LogP contribution is -2.53. The highest BCUT2D eigenvalue weighted by molar-refractivity contribution is 6.30. The zero-order valence-electron chi connectivity index (χ0n) is 17.5. The number of β-amino-alcohol motifs (C(OH)–C–C–N with tert-alkyl or cyclic N) is 1. The fraction of sp³-hybridized carbons (Fsp3) is 0.476. The number of hydrogen-bond donors (Lipinski definition) is 2. The molecule has 3 heterocycles. The second kappa shape index (κ2) is 9.41. The number of piperazine rings is 1. The minimum absolute atomic E-state index is 0.0688. The van der Waals surface area contributed by atoms with Crippen molar-refractivity contribution >= 4 is 23.5 Å². The molecule has 4 rings (SSSR count). The van der Waals surface area contributed by atoms with E-state index in [1.165, 1.54) is 4.90 Å². The number of anilines is 1. The molecule has 0 saturated carbocycles. The van der Waals surface area contributed by atoms with E-state index < -0.39 is 29.5 Å². The standard InChI is InChI=1S/C21H23ClF3N5O3/c22-14-3-1-13(2-4-14)10-28-5-7-29(8-6-28)16-11-30(12-17(16)31)20-26-9-15(19(32)33)18(27-20)21(23,24)25/h1-4,9,16-17,31H,5-8,10-12H2,(H,32,33). The molecule has 0 radical (unpaired) electrons. The van der Waals surface area contributed by atoms with Crippen LogP contribution in [-0.4, -0.2) is 87.4 Å². The van der Waals surface area contributed by atoms with E-state index >= 15 is 0 Å². The zero-order valence-corrected chi connectivity index (χ0v) is 18.3. The number of aromatic carboxylic acids is 1. The third-order valence-electron chi connectivity index (χ3n) is 6.01. The fourth-order valence-electron chi connectivity index (χ4n) is 4.29. The number of aliphatic hydroxyl groups is 1. The number of aliphatic hydroxyl groups excluding tert-OH is 1. The maximum atomic E-state index is 13.3. The summed E-state index contributed by atoms with van der Waals surface area (Å²) in [5, 5.41) is 20.3. The molecule has 0 bridgehead atoms. The Morgan fingerprint density at radius 1 is 1.12 bits per heavy atom. The second-order valence-corrected chi connectivity index (χ2v) is 8.65. The highest BCUT2D eigenvalue weighted by atomic mass is 35.5. The number of nitrogens with zero attached hydrogens (tertiary/aromatic N) is 5. The molecule has 2 aliphatic heterocycles. The van der Waals surface area contributed by atoms with E-state index in [9.17, 15) is 23.1 Å². The van der Waals surface area contributed by atoms with Crippen molar-refractivity contribution in [3.05, 3.63) is 52.3 Å². The summed E-state index contributed by atoms with van der Waals surface area (Å²) in [6.07, 6.45) is -5.04. The quantitative estimate of drug-likeness (QED) is 0.666. The first kappa shape index (κ1) is 23.7. The van der Waals surface area contributed by atoms with Crippen LogP contribution >= 0.6 is 11.6 Å². The molecule has 178 valence electrons. The highest BCUT2D eigenvalue weighted by Crippen LogP contribution is 2.32. The first-order chi connectivity index (χ1) is 15.6. The third-order valence-corrected chi connectivity index (χ3v) is 6.26. The summed E-state index contributed by atoms with van der Waals surface area (Å²) in [4.78, 5) is 24.3. The molecule has 12 heteroatoms. The largest absolute Gasteiger partial charge is 0.478 e. The maximum Gasteiger partial charge on any atom is 0.434 e. The summed E-state index contributed by atoms with van der Waals surface area (Å²) in [6.45, 7) is 4.09. The predicted molar refractivity (Wildman–Crippen MR) is 114 cm³/mol. The van der Waals surface area contributed by atoms with E-state index in [-0.39, 0.29) is 25.1 Å². The Labute approximate surface area is 193 Å². The molecule has 8 nitrogen and oxygen atoms in total. The number of carboxylic acids is 1. The van der Waals surface area contributed by atoms with Crippen LogP contribution < -0.4 is 4.90 Å². The van der Waals surface area contributed by atoms with Crippen molar-refractivity contribution in [3.63, 3.8) is 0 Å². The summed E-state index contributed by atoms with van der Waals surface area (Å²) in [7, 11) is 0. The Kier molecular flexibility index (Phi) is 6.76. The predicted octanol–water partition coefficient (Wildman–Crippen LogP) is 2.21. The Balaban J connectivity index is 1.39. The molecule has 2 atom stereocenters. The number of halogens is 4. The number of carbonyl (C=O) groups is 1. The van der Waals surface area contributed by atoms with Gasteiger partial charge in [-0.25, -0.2) is 14.8 Å². The minimum Gasteiger partial charge on any atom is -0.478 e. The Bertz CT molecular complexity index is 1000. The van der Waals surface area contributed by atoms with Gasteiger partial charge in [-0.3, -0.25) is 9.80 Å². The minimum atomic E-state index is -4.93. The molecule has 33 heavy (non-hydrogen) atoms. The molecule has 2 unspecified atom stereocenters. The van der Waals surface area contributed by atoms with Crippen molar-refractivity contribution in [1.29, 1.82) is 0 Å². The van der Waals surface area contributed by atoms with Crippen molar-refractivity contribution in [2.75, 3.05) is 44.2 Å². The van der Waals surface area contributed by atoms with Crippen LogP contribution in [0.25, 0.3) is 0 Å². The average molecular weight is 486 g/mol. The molecular formula is C21H23ClF3N5O3. The van der Waals surface area contributed by atoms with Gasteiger partial charge in [0.25, 0.3) is 0 Å². The molecule has 1 aromatic heterocycles. The molecule has 2 fully saturated rings. The molecule has 1 aromatic carbocycles. The van der Waals surface area contributed by atoms with Gasteiger partial charge < -0.3 is 15.1 Å². The third kappa shape index (κ3) is 5.37. The number of alkyl halides is 3. The van der Waals surface area contributed by atoms with E-state index in [0.29, 0.717) is 24.3 Å². The van der Waals surface area contributed by atoms with Crippen LogP contribution in [0.15, 0.2) is 30.5 Å². The van der Waals surface area contributed by atoms with Crippen LogP contribution in [0.2, 0.25) is 5.02 Å². The lowest BCUT2D eigenvalue weighted by atomic mass is 10.1. The topological polar surface area (TPSA) is 93.0 Å². The first-order valence-corrected chi connectivity index (χ1v) is 10.8. The lowest BCUT2D eigenvalue weighted by Gasteiger charge is -2.38. The highest BCUT2D eigenvalue weighted by Gasteiger charge is 2.41. The van der Waals surface area contributed by atoms with Gasteiger partial charge in [0.2, 0.25) is 5.95 Å². The van der Waals surface area contributed by atoms with Gasteiger partial charge in [-0.1, -0.05) is 23.7 Å². The summed E-state index contributed by atoms with van der Waals surface area (Å²) in [5.74, 6) is -1.99. The van der Waals surface area contributed by atoms with Crippen LogP contribution in [-0.2, 0) is 12.7 Å². The van der Waals surface area contributed by atoms with E-state index in [4.69, 9.17) is 16.7 Å². The van der Waals surface area contributed by atoms with Crippen LogP contribution in [0.4, 0.5) is 19.1 Å². The van der Waals surface area contributed by atoms with Gasteiger partial charge in [-0.2, -0.15) is 13.2 Å². The van der Waals surface area contributed by atoms with Gasteiger partial charge in [-0.05, 0) is 17.7 Å². The maximum absolute atomic E-state index is 13.3. The fourth-order valence-corrected chi connectivity index (χ4v) is 4.42. The van der Waals surface area contributed by atoms with Crippen molar-refractivity contribution < 1.29 is 28.2 Å².